The third-order valence-electron chi connectivity index (χ3n) is 6.22. The number of rotatable bonds is 5. The lowest BCUT2D eigenvalue weighted by atomic mass is 9.75. The standard InChI is InChI=1S/C22H27Cl2NO5/c1-5-21(6-2)8-9-22(29-12-21)18(30-20(27)28-7-3)17(19(26)25-22)16-13(4)10-14(23)11-15(16)24/h10-11H,5-9,12H2,1-4H3,(H,25,26). The summed E-state index contributed by atoms with van der Waals surface area (Å²) in [5.41, 5.74) is 0.111. The maximum absolute atomic E-state index is 13.1. The second kappa shape index (κ2) is 8.77. The Bertz CT molecular complexity index is 859. The van der Waals surface area contributed by atoms with Crippen molar-refractivity contribution in [2.24, 2.45) is 5.41 Å². The van der Waals surface area contributed by atoms with Crippen LogP contribution in [0.4, 0.5) is 4.79 Å². The van der Waals surface area contributed by atoms with Crippen LogP contribution in [-0.2, 0) is 19.0 Å². The topological polar surface area (TPSA) is 73.9 Å². The van der Waals surface area contributed by atoms with Crippen molar-refractivity contribution >= 4 is 40.8 Å². The van der Waals surface area contributed by atoms with Gasteiger partial charge in [-0.1, -0.05) is 37.0 Å². The third kappa shape index (κ3) is 4.05. The van der Waals surface area contributed by atoms with Gasteiger partial charge < -0.3 is 19.5 Å². The molecule has 6 nitrogen and oxygen atoms in total. The second-order valence-electron chi connectivity index (χ2n) is 7.85. The Labute approximate surface area is 186 Å². The minimum Gasteiger partial charge on any atom is -0.434 e. The van der Waals surface area contributed by atoms with Gasteiger partial charge in [0.25, 0.3) is 5.91 Å². The van der Waals surface area contributed by atoms with Crippen LogP contribution in [-0.4, -0.2) is 31.0 Å². The van der Waals surface area contributed by atoms with Gasteiger partial charge >= 0.3 is 6.16 Å². The van der Waals surface area contributed by atoms with Crippen molar-refractivity contribution in [3.63, 3.8) is 0 Å². The van der Waals surface area contributed by atoms with Crippen molar-refractivity contribution in [3.8, 4) is 0 Å². The van der Waals surface area contributed by atoms with Gasteiger partial charge in [-0.15, -0.1) is 0 Å². The van der Waals surface area contributed by atoms with Crippen LogP contribution in [0.5, 0.6) is 0 Å². The molecular weight excluding hydrogens is 429 g/mol. The molecule has 2 heterocycles. The first kappa shape index (κ1) is 22.9. The predicted octanol–water partition coefficient (Wildman–Crippen LogP) is 5.63. The minimum absolute atomic E-state index is 0.0294. The quantitative estimate of drug-likeness (QED) is 0.582. The number of ether oxygens (including phenoxy) is 3. The monoisotopic (exact) mass is 455 g/mol. The van der Waals surface area contributed by atoms with Crippen LogP contribution in [0.3, 0.4) is 0 Å². The second-order valence-corrected chi connectivity index (χ2v) is 8.69. The summed E-state index contributed by atoms with van der Waals surface area (Å²) in [6.45, 7) is 8.32. The molecule has 3 rings (SSSR count). The lowest BCUT2D eigenvalue weighted by molar-refractivity contribution is -0.152. The van der Waals surface area contributed by atoms with Crippen molar-refractivity contribution < 1.29 is 23.8 Å². The zero-order valence-electron chi connectivity index (χ0n) is 17.7. The zero-order valence-corrected chi connectivity index (χ0v) is 19.2. The third-order valence-corrected chi connectivity index (χ3v) is 6.73. The Balaban J connectivity index is 2.12. The van der Waals surface area contributed by atoms with E-state index in [-0.39, 0.29) is 23.4 Å². The van der Waals surface area contributed by atoms with Crippen molar-refractivity contribution in [1.82, 2.24) is 5.32 Å². The van der Waals surface area contributed by atoms with Gasteiger partial charge in [-0.3, -0.25) is 4.79 Å². The molecule has 0 bridgehead atoms. The van der Waals surface area contributed by atoms with Gasteiger partial charge in [-0.2, -0.15) is 0 Å². The summed E-state index contributed by atoms with van der Waals surface area (Å²) in [6.07, 6.45) is 2.31. The number of hydrogen-bond donors (Lipinski definition) is 1. The Morgan fingerprint density at radius 2 is 1.90 bits per heavy atom. The highest BCUT2D eigenvalue weighted by Gasteiger charge is 2.54. The Kier molecular flexibility index (Phi) is 6.70. The van der Waals surface area contributed by atoms with Crippen LogP contribution in [0.1, 0.15) is 57.6 Å². The maximum Gasteiger partial charge on any atom is 0.513 e. The number of aryl methyl sites for hydroxylation is 1. The van der Waals surface area contributed by atoms with E-state index < -0.39 is 17.8 Å². The summed E-state index contributed by atoms with van der Waals surface area (Å²) >= 11 is 12.6. The lowest BCUT2D eigenvalue weighted by Crippen LogP contribution is -2.53. The van der Waals surface area contributed by atoms with E-state index in [2.05, 4.69) is 19.2 Å². The van der Waals surface area contributed by atoms with Crippen molar-refractivity contribution in [2.45, 2.75) is 59.1 Å². The Morgan fingerprint density at radius 3 is 2.43 bits per heavy atom. The summed E-state index contributed by atoms with van der Waals surface area (Å²) in [5.74, 6) is -0.318. The van der Waals surface area contributed by atoms with Crippen LogP contribution in [0.15, 0.2) is 17.9 Å². The van der Waals surface area contributed by atoms with E-state index in [1.165, 1.54) is 0 Å². The number of nitrogens with one attached hydrogen (secondary N) is 1. The van der Waals surface area contributed by atoms with E-state index in [9.17, 15) is 9.59 Å². The van der Waals surface area contributed by atoms with E-state index >= 15 is 0 Å². The van der Waals surface area contributed by atoms with Crippen LogP contribution in [0.25, 0.3) is 5.57 Å². The summed E-state index contributed by atoms with van der Waals surface area (Å²) < 4.78 is 16.8. The first-order valence-corrected chi connectivity index (χ1v) is 11.0. The predicted molar refractivity (Wildman–Crippen MR) is 115 cm³/mol. The molecule has 1 atom stereocenters. The van der Waals surface area contributed by atoms with Gasteiger partial charge in [-0.05, 0) is 56.2 Å². The normalized spacial score (nSPS) is 22.9. The number of halogens is 2. The van der Waals surface area contributed by atoms with Gasteiger partial charge in [-0.25, -0.2) is 4.79 Å². The van der Waals surface area contributed by atoms with Gasteiger partial charge in [0.05, 0.1) is 23.8 Å². The molecular formula is C22H27Cl2NO5. The molecule has 1 amide bonds. The van der Waals surface area contributed by atoms with Crippen LogP contribution >= 0.6 is 23.2 Å². The largest absolute Gasteiger partial charge is 0.513 e. The highest BCUT2D eigenvalue weighted by atomic mass is 35.5. The summed E-state index contributed by atoms with van der Waals surface area (Å²) in [7, 11) is 0. The number of carbonyl (C=O) groups excluding carboxylic acids is 2. The SMILES string of the molecule is CCOC(=O)OC1=C(c2c(C)cc(Cl)cc2Cl)C(=O)NC12CCC(CC)(CC)CO2. The van der Waals surface area contributed by atoms with Crippen LogP contribution in [0.2, 0.25) is 10.0 Å². The molecule has 1 fully saturated rings. The molecule has 8 heteroatoms. The van der Waals surface area contributed by atoms with Crippen molar-refractivity contribution in [2.75, 3.05) is 13.2 Å². The highest BCUT2D eigenvalue weighted by Crippen LogP contribution is 2.48. The molecule has 1 saturated heterocycles. The summed E-state index contributed by atoms with van der Waals surface area (Å²) in [6, 6.07) is 3.26. The van der Waals surface area contributed by atoms with Crippen LogP contribution in [0, 0.1) is 12.3 Å². The van der Waals surface area contributed by atoms with E-state index in [1.54, 1.807) is 26.0 Å². The van der Waals surface area contributed by atoms with Crippen molar-refractivity contribution in [1.29, 1.82) is 0 Å². The van der Waals surface area contributed by atoms with E-state index in [0.29, 0.717) is 34.2 Å². The maximum atomic E-state index is 13.1. The molecule has 1 aromatic rings. The first-order chi connectivity index (χ1) is 14.2. The molecule has 1 spiro atoms. The van der Waals surface area contributed by atoms with E-state index in [0.717, 1.165) is 19.3 Å². The van der Waals surface area contributed by atoms with Gasteiger partial charge in [0.2, 0.25) is 5.72 Å². The fourth-order valence-electron chi connectivity index (χ4n) is 4.16. The number of amides is 1. The molecule has 30 heavy (non-hydrogen) atoms. The molecule has 0 aromatic heterocycles. The molecule has 0 aliphatic carbocycles. The van der Waals surface area contributed by atoms with E-state index in [4.69, 9.17) is 37.4 Å². The van der Waals surface area contributed by atoms with Crippen molar-refractivity contribution in [3.05, 3.63) is 39.1 Å². The van der Waals surface area contributed by atoms with Gasteiger partial charge in [0, 0.05) is 17.0 Å². The molecule has 1 aromatic carbocycles. The molecule has 0 saturated carbocycles. The van der Waals surface area contributed by atoms with Gasteiger partial charge in [0.1, 0.15) is 0 Å². The smallest absolute Gasteiger partial charge is 0.434 e. The summed E-state index contributed by atoms with van der Waals surface area (Å²) in [4.78, 5) is 25.4. The molecule has 1 N–H and O–H groups in total. The fourth-order valence-corrected chi connectivity index (χ4v) is 4.85. The minimum atomic E-state index is -1.23. The molecule has 0 radical (unpaired) electrons. The summed E-state index contributed by atoms with van der Waals surface area (Å²) in [5, 5.41) is 3.65. The molecule has 1 unspecified atom stereocenters. The number of carbonyl (C=O) groups is 2. The van der Waals surface area contributed by atoms with Gasteiger partial charge in [0.15, 0.2) is 5.76 Å². The zero-order chi connectivity index (χ0) is 22.1. The molecule has 2 aliphatic heterocycles. The van der Waals surface area contributed by atoms with E-state index in [1.807, 2.05) is 0 Å². The average molecular weight is 456 g/mol. The number of benzene rings is 1. The molecule has 2 aliphatic rings. The first-order valence-electron chi connectivity index (χ1n) is 10.2. The lowest BCUT2D eigenvalue weighted by Gasteiger charge is -2.44. The van der Waals surface area contributed by atoms with Crippen LogP contribution < -0.4 is 5.32 Å². The fraction of sp³-hybridized carbons (Fsp3) is 0.545. The molecule has 164 valence electrons. The highest BCUT2D eigenvalue weighted by molar-refractivity contribution is 6.38. The number of hydrogen-bond acceptors (Lipinski definition) is 5. The Morgan fingerprint density at radius 1 is 1.20 bits per heavy atom. The average Bonchev–Trinajstić information content (AvgIpc) is 2.94. The Hall–Kier alpha value is -1.76.